The van der Waals surface area contributed by atoms with Crippen LogP contribution in [-0.2, 0) is 6.54 Å². The predicted octanol–water partition coefficient (Wildman–Crippen LogP) is 1.62. The molecule has 90 valence electrons. The number of aromatic nitrogens is 3. The molecule has 6 heteroatoms. The lowest BCUT2D eigenvalue weighted by atomic mass is 10.1. The van der Waals surface area contributed by atoms with Gasteiger partial charge in [-0.2, -0.15) is 0 Å². The average Bonchev–Trinajstić information content (AvgIpc) is 2.79. The Bertz CT molecular complexity index is 526. The molecule has 0 fully saturated rings. The number of anilines is 1. The molecule has 0 aromatic carbocycles. The molecule has 2 rings (SSSR count). The van der Waals surface area contributed by atoms with Gasteiger partial charge in [0.2, 0.25) is 0 Å². The lowest BCUT2D eigenvalue weighted by Gasteiger charge is -2.14. The van der Waals surface area contributed by atoms with Gasteiger partial charge in [0, 0.05) is 18.3 Å². The van der Waals surface area contributed by atoms with Gasteiger partial charge in [-0.05, 0) is 13.0 Å². The fourth-order valence-electron chi connectivity index (χ4n) is 1.67. The molecule has 2 aromatic heterocycles. The first-order chi connectivity index (χ1) is 8.13. The Kier molecular flexibility index (Phi) is 3.31. The Hall–Kier alpha value is -1.59. The summed E-state index contributed by atoms with van der Waals surface area (Å²) in [6, 6.07) is 1.61. The highest BCUT2D eigenvalue weighted by atomic mass is 35.5. The number of hydrogen-bond acceptors (Lipinski definition) is 4. The third kappa shape index (κ3) is 2.25. The first kappa shape index (κ1) is 11.9. The summed E-state index contributed by atoms with van der Waals surface area (Å²) in [7, 11) is 0. The number of nitrogen functional groups attached to an aromatic ring is 1. The second kappa shape index (κ2) is 4.73. The van der Waals surface area contributed by atoms with E-state index in [0.29, 0.717) is 16.3 Å². The van der Waals surface area contributed by atoms with Crippen LogP contribution >= 0.6 is 11.6 Å². The summed E-state index contributed by atoms with van der Waals surface area (Å²) in [6.45, 7) is 2.69. The summed E-state index contributed by atoms with van der Waals surface area (Å²) >= 11 is 5.84. The maximum Gasteiger partial charge on any atom is 0.129 e. The van der Waals surface area contributed by atoms with Crippen LogP contribution < -0.4 is 5.73 Å². The molecular formula is C11H13ClN4O. The molecule has 2 aromatic rings. The minimum Gasteiger partial charge on any atom is -0.383 e. The second-order valence-electron chi connectivity index (χ2n) is 3.64. The summed E-state index contributed by atoms with van der Waals surface area (Å²) < 4.78 is 1.84. The van der Waals surface area contributed by atoms with E-state index in [1.165, 1.54) is 6.20 Å². The smallest absolute Gasteiger partial charge is 0.129 e. The van der Waals surface area contributed by atoms with Gasteiger partial charge in [-0.3, -0.25) is 0 Å². The van der Waals surface area contributed by atoms with E-state index in [1.807, 2.05) is 11.5 Å². The average molecular weight is 253 g/mol. The molecule has 0 amide bonds. The first-order valence-electron chi connectivity index (χ1n) is 5.22. The van der Waals surface area contributed by atoms with Gasteiger partial charge in [-0.15, -0.1) is 0 Å². The number of nitrogens with zero attached hydrogens (tertiary/aromatic N) is 3. The predicted molar refractivity (Wildman–Crippen MR) is 65.6 cm³/mol. The Morgan fingerprint density at radius 3 is 3.00 bits per heavy atom. The summed E-state index contributed by atoms with van der Waals surface area (Å²) in [5, 5.41) is 10.7. The Balaban J connectivity index is 2.43. The summed E-state index contributed by atoms with van der Waals surface area (Å²) in [5.41, 5.74) is 6.89. The van der Waals surface area contributed by atoms with E-state index in [-0.39, 0.29) is 5.82 Å². The van der Waals surface area contributed by atoms with Crippen LogP contribution in [0.2, 0.25) is 5.02 Å². The summed E-state index contributed by atoms with van der Waals surface area (Å²) in [6.07, 6.45) is 3.84. The van der Waals surface area contributed by atoms with Crippen molar-refractivity contribution in [1.82, 2.24) is 14.5 Å². The third-order valence-corrected chi connectivity index (χ3v) is 2.78. The van der Waals surface area contributed by atoms with Gasteiger partial charge in [0.1, 0.15) is 11.9 Å². The molecule has 17 heavy (non-hydrogen) atoms. The van der Waals surface area contributed by atoms with E-state index in [2.05, 4.69) is 9.97 Å². The zero-order valence-corrected chi connectivity index (χ0v) is 10.1. The van der Waals surface area contributed by atoms with Crippen molar-refractivity contribution >= 4 is 17.4 Å². The van der Waals surface area contributed by atoms with Crippen LogP contribution in [-0.4, -0.2) is 19.6 Å². The molecule has 0 aliphatic carbocycles. The fraction of sp³-hybridized carbons (Fsp3) is 0.273. The monoisotopic (exact) mass is 252 g/mol. The van der Waals surface area contributed by atoms with Crippen molar-refractivity contribution in [1.29, 1.82) is 0 Å². The van der Waals surface area contributed by atoms with Crippen LogP contribution in [0.5, 0.6) is 0 Å². The van der Waals surface area contributed by atoms with Crippen LogP contribution in [0.1, 0.15) is 24.3 Å². The highest BCUT2D eigenvalue weighted by molar-refractivity contribution is 6.30. The molecule has 0 aliphatic heterocycles. The van der Waals surface area contributed by atoms with Crippen molar-refractivity contribution in [3.63, 3.8) is 0 Å². The van der Waals surface area contributed by atoms with Gasteiger partial charge in [-0.25, -0.2) is 9.97 Å². The zero-order chi connectivity index (χ0) is 12.4. The Labute approximate surface area is 104 Å². The minimum absolute atomic E-state index is 0.269. The van der Waals surface area contributed by atoms with E-state index in [9.17, 15) is 5.11 Å². The largest absolute Gasteiger partial charge is 0.383 e. The quantitative estimate of drug-likeness (QED) is 0.870. The number of aliphatic hydroxyl groups excluding tert-OH is 1. The molecule has 0 saturated heterocycles. The number of nitrogens with two attached hydrogens (primary N) is 1. The van der Waals surface area contributed by atoms with Gasteiger partial charge >= 0.3 is 0 Å². The SMILES string of the molecule is CCn1cncc1C(O)c1cc(Cl)cnc1N. The maximum atomic E-state index is 10.3. The standard InChI is InChI=1S/C11H13ClN4O/c1-2-16-6-14-5-9(16)10(17)8-3-7(12)4-15-11(8)13/h3-6,10,17H,2H2,1H3,(H2,13,15). The summed E-state index contributed by atoms with van der Waals surface area (Å²) in [4.78, 5) is 7.92. The molecular weight excluding hydrogens is 240 g/mol. The Morgan fingerprint density at radius 2 is 2.29 bits per heavy atom. The number of aryl methyl sites for hydroxylation is 1. The number of pyridine rings is 1. The molecule has 1 unspecified atom stereocenters. The molecule has 0 bridgehead atoms. The lowest BCUT2D eigenvalue weighted by Crippen LogP contribution is -2.10. The van der Waals surface area contributed by atoms with Crippen molar-refractivity contribution in [2.24, 2.45) is 0 Å². The van der Waals surface area contributed by atoms with Gasteiger partial charge in [0.25, 0.3) is 0 Å². The van der Waals surface area contributed by atoms with Gasteiger partial charge in [0.15, 0.2) is 0 Å². The van der Waals surface area contributed by atoms with E-state index < -0.39 is 6.10 Å². The minimum atomic E-state index is -0.872. The highest BCUT2D eigenvalue weighted by Crippen LogP contribution is 2.27. The normalized spacial score (nSPS) is 12.6. The van der Waals surface area contributed by atoms with E-state index >= 15 is 0 Å². The van der Waals surface area contributed by atoms with Crippen LogP contribution in [0.4, 0.5) is 5.82 Å². The fourth-order valence-corrected chi connectivity index (χ4v) is 1.83. The van der Waals surface area contributed by atoms with E-state index in [0.717, 1.165) is 6.54 Å². The topological polar surface area (TPSA) is 77.0 Å². The second-order valence-corrected chi connectivity index (χ2v) is 4.07. The van der Waals surface area contributed by atoms with Crippen molar-refractivity contribution in [3.05, 3.63) is 41.1 Å². The molecule has 0 radical (unpaired) electrons. The number of hydrogen-bond donors (Lipinski definition) is 2. The molecule has 0 aliphatic rings. The van der Waals surface area contributed by atoms with Crippen LogP contribution in [0.15, 0.2) is 24.8 Å². The number of aliphatic hydroxyl groups is 1. The molecule has 0 saturated carbocycles. The summed E-state index contributed by atoms with van der Waals surface area (Å²) in [5.74, 6) is 0.269. The first-order valence-corrected chi connectivity index (χ1v) is 5.60. The molecule has 0 spiro atoms. The van der Waals surface area contributed by atoms with Crippen LogP contribution in [0, 0.1) is 0 Å². The van der Waals surface area contributed by atoms with Crippen molar-refractivity contribution in [2.75, 3.05) is 5.73 Å². The maximum absolute atomic E-state index is 10.3. The van der Waals surface area contributed by atoms with Crippen molar-refractivity contribution < 1.29 is 5.11 Å². The number of halogens is 1. The van der Waals surface area contributed by atoms with Crippen LogP contribution in [0.3, 0.4) is 0 Å². The van der Waals surface area contributed by atoms with Gasteiger partial charge < -0.3 is 15.4 Å². The molecule has 5 nitrogen and oxygen atoms in total. The van der Waals surface area contributed by atoms with Crippen molar-refractivity contribution in [3.8, 4) is 0 Å². The molecule has 2 heterocycles. The molecule has 1 atom stereocenters. The van der Waals surface area contributed by atoms with E-state index in [1.54, 1.807) is 18.6 Å². The van der Waals surface area contributed by atoms with Gasteiger partial charge in [0.05, 0.1) is 23.2 Å². The van der Waals surface area contributed by atoms with Gasteiger partial charge in [-0.1, -0.05) is 11.6 Å². The third-order valence-electron chi connectivity index (χ3n) is 2.58. The zero-order valence-electron chi connectivity index (χ0n) is 9.34. The number of imidazole rings is 1. The van der Waals surface area contributed by atoms with E-state index in [4.69, 9.17) is 17.3 Å². The molecule has 3 N–H and O–H groups in total. The van der Waals surface area contributed by atoms with Crippen molar-refractivity contribution in [2.45, 2.75) is 19.6 Å². The number of rotatable bonds is 3. The Morgan fingerprint density at radius 1 is 1.53 bits per heavy atom. The lowest BCUT2D eigenvalue weighted by molar-refractivity contribution is 0.210. The van der Waals surface area contributed by atoms with Crippen LogP contribution in [0.25, 0.3) is 0 Å². The highest BCUT2D eigenvalue weighted by Gasteiger charge is 2.18.